The van der Waals surface area contributed by atoms with Crippen molar-refractivity contribution < 1.29 is 4.79 Å². The van der Waals surface area contributed by atoms with E-state index in [0.717, 1.165) is 47.8 Å². The van der Waals surface area contributed by atoms with Crippen LogP contribution in [0, 0.1) is 19.8 Å². The highest BCUT2D eigenvalue weighted by atomic mass is 16.1. The SMILES string of the molecule is Cc1ccc(C)c(NC(=O)[C@@H]2CCCN(c3nnc4ccccn34)C2)c1. The average molecular weight is 349 g/mol. The van der Waals surface area contributed by atoms with Crippen molar-refractivity contribution in [2.45, 2.75) is 26.7 Å². The van der Waals surface area contributed by atoms with E-state index in [9.17, 15) is 4.79 Å². The normalized spacial score (nSPS) is 17.5. The number of pyridine rings is 1. The summed E-state index contributed by atoms with van der Waals surface area (Å²) in [5.74, 6) is 0.835. The Morgan fingerprint density at radius 3 is 2.96 bits per heavy atom. The molecule has 4 rings (SSSR count). The highest BCUT2D eigenvalue weighted by Gasteiger charge is 2.28. The summed E-state index contributed by atoms with van der Waals surface area (Å²) in [6, 6.07) is 12.0. The molecule has 1 fully saturated rings. The predicted octanol–water partition coefficient (Wildman–Crippen LogP) is 3.20. The van der Waals surface area contributed by atoms with Crippen LogP contribution in [0.5, 0.6) is 0 Å². The molecular formula is C20H23N5O. The lowest BCUT2D eigenvalue weighted by Crippen LogP contribution is -2.41. The third-order valence-corrected chi connectivity index (χ3v) is 5.02. The molecule has 1 atom stereocenters. The molecule has 1 amide bonds. The summed E-state index contributed by atoms with van der Waals surface area (Å²) in [7, 11) is 0. The van der Waals surface area contributed by atoms with Crippen LogP contribution in [0.4, 0.5) is 11.6 Å². The van der Waals surface area contributed by atoms with Gasteiger partial charge in [-0.25, -0.2) is 0 Å². The second-order valence-electron chi connectivity index (χ2n) is 7.02. The Hall–Kier alpha value is -2.89. The molecule has 0 aliphatic carbocycles. The van der Waals surface area contributed by atoms with Gasteiger partial charge in [0.25, 0.3) is 0 Å². The van der Waals surface area contributed by atoms with Gasteiger partial charge in [0, 0.05) is 25.0 Å². The molecule has 0 saturated carbocycles. The standard InChI is InChI=1S/C20H23N5O/c1-14-8-9-15(2)17(12-14)21-19(26)16-6-5-10-24(13-16)20-23-22-18-7-3-4-11-25(18)20/h3-4,7-9,11-12,16H,5-6,10,13H2,1-2H3,(H,21,26)/t16-/m1/s1. The number of nitrogens with one attached hydrogen (secondary N) is 1. The molecule has 3 aromatic rings. The predicted molar refractivity (Wildman–Crippen MR) is 102 cm³/mol. The minimum Gasteiger partial charge on any atom is -0.340 e. The van der Waals surface area contributed by atoms with E-state index >= 15 is 0 Å². The topological polar surface area (TPSA) is 62.5 Å². The Morgan fingerprint density at radius 2 is 2.08 bits per heavy atom. The maximum atomic E-state index is 12.8. The summed E-state index contributed by atoms with van der Waals surface area (Å²) in [6.07, 6.45) is 3.82. The lowest BCUT2D eigenvalue weighted by Gasteiger charge is -2.32. The van der Waals surface area contributed by atoms with Crippen molar-refractivity contribution in [2.75, 3.05) is 23.3 Å². The third kappa shape index (κ3) is 3.14. The Kier molecular flexibility index (Phi) is 4.32. The molecule has 0 unspecified atom stereocenters. The van der Waals surface area contributed by atoms with Crippen LogP contribution in [0.2, 0.25) is 0 Å². The summed E-state index contributed by atoms with van der Waals surface area (Å²) >= 11 is 0. The number of hydrogen-bond acceptors (Lipinski definition) is 4. The van der Waals surface area contributed by atoms with E-state index in [1.807, 2.05) is 54.8 Å². The second kappa shape index (κ2) is 6.78. The molecule has 1 aliphatic rings. The molecule has 0 bridgehead atoms. The first-order valence-electron chi connectivity index (χ1n) is 9.04. The van der Waals surface area contributed by atoms with Crippen LogP contribution in [0.3, 0.4) is 0 Å². The molecule has 1 aromatic carbocycles. The Bertz CT molecular complexity index is 948. The molecule has 26 heavy (non-hydrogen) atoms. The smallest absolute Gasteiger partial charge is 0.231 e. The number of nitrogens with zero attached hydrogens (tertiary/aromatic N) is 4. The molecule has 1 aliphatic heterocycles. The number of fused-ring (bicyclic) bond motifs is 1. The van der Waals surface area contributed by atoms with E-state index in [1.165, 1.54) is 0 Å². The summed E-state index contributed by atoms with van der Waals surface area (Å²) in [5, 5.41) is 11.7. The molecule has 1 N–H and O–H groups in total. The number of amides is 1. The van der Waals surface area contributed by atoms with Crippen molar-refractivity contribution in [3.8, 4) is 0 Å². The monoisotopic (exact) mass is 349 g/mol. The number of aromatic nitrogens is 3. The summed E-state index contributed by atoms with van der Waals surface area (Å²) in [5.41, 5.74) is 3.95. The molecule has 134 valence electrons. The number of carbonyl (C=O) groups is 1. The number of benzene rings is 1. The molecule has 2 aromatic heterocycles. The van der Waals surface area contributed by atoms with Crippen LogP contribution >= 0.6 is 0 Å². The van der Waals surface area contributed by atoms with Gasteiger partial charge in [0.1, 0.15) is 0 Å². The third-order valence-electron chi connectivity index (χ3n) is 5.02. The summed E-state index contributed by atoms with van der Waals surface area (Å²) in [4.78, 5) is 15.0. The van der Waals surface area contributed by atoms with Gasteiger partial charge in [-0.1, -0.05) is 18.2 Å². The van der Waals surface area contributed by atoms with Gasteiger partial charge in [-0.15, -0.1) is 10.2 Å². The summed E-state index contributed by atoms with van der Waals surface area (Å²) < 4.78 is 1.98. The maximum absolute atomic E-state index is 12.8. The van der Waals surface area contributed by atoms with Crippen molar-refractivity contribution >= 4 is 23.2 Å². The first-order chi connectivity index (χ1) is 12.6. The molecule has 3 heterocycles. The Balaban J connectivity index is 1.51. The molecular weight excluding hydrogens is 326 g/mol. The number of anilines is 2. The van der Waals surface area contributed by atoms with E-state index < -0.39 is 0 Å². The van der Waals surface area contributed by atoms with Crippen LogP contribution in [0.25, 0.3) is 5.65 Å². The number of aryl methyl sites for hydroxylation is 2. The van der Waals surface area contributed by atoms with Crippen molar-refractivity contribution in [3.05, 3.63) is 53.7 Å². The number of rotatable bonds is 3. The van der Waals surface area contributed by atoms with Gasteiger partial charge in [0.2, 0.25) is 11.9 Å². The van der Waals surface area contributed by atoms with Gasteiger partial charge in [-0.2, -0.15) is 0 Å². The van der Waals surface area contributed by atoms with E-state index in [0.29, 0.717) is 6.54 Å². The van der Waals surface area contributed by atoms with Crippen LogP contribution in [-0.4, -0.2) is 33.6 Å². The van der Waals surface area contributed by atoms with Gasteiger partial charge in [0.15, 0.2) is 5.65 Å². The molecule has 1 saturated heterocycles. The van der Waals surface area contributed by atoms with Gasteiger partial charge in [-0.05, 0) is 56.0 Å². The highest BCUT2D eigenvalue weighted by Crippen LogP contribution is 2.24. The largest absolute Gasteiger partial charge is 0.340 e. The van der Waals surface area contributed by atoms with E-state index in [-0.39, 0.29) is 11.8 Å². The minimum absolute atomic E-state index is 0.0558. The Labute approximate surface area is 152 Å². The van der Waals surface area contributed by atoms with Gasteiger partial charge in [0.05, 0.1) is 5.92 Å². The van der Waals surface area contributed by atoms with Crippen LogP contribution in [0.15, 0.2) is 42.6 Å². The Morgan fingerprint density at radius 1 is 1.19 bits per heavy atom. The molecule has 0 spiro atoms. The fourth-order valence-corrected chi connectivity index (χ4v) is 3.52. The number of hydrogen-bond donors (Lipinski definition) is 1. The zero-order valence-corrected chi connectivity index (χ0v) is 15.1. The highest BCUT2D eigenvalue weighted by molar-refractivity contribution is 5.93. The van der Waals surface area contributed by atoms with Crippen molar-refractivity contribution in [1.82, 2.24) is 14.6 Å². The molecule has 0 radical (unpaired) electrons. The number of carbonyl (C=O) groups excluding carboxylic acids is 1. The number of piperidine rings is 1. The second-order valence-corrected chi connectivity index (χ2v) is 7.02. The first-order valence-corrected chi connectivity index (χ1v) is 9.04. The van der Waals surface area contributed by atoms with Crippen LogP contribution in [-0.2, 0) is 4.79 Å². The van der Waals surface area contributed by atoms with Gasteiger partial charge < -0.3 is 10.2 Å². The summed E-state index contributed by atoms with van der Waals surface area (Å²) in [6.45, 7) is 5.60. The zero-order valence-electron chi connectivity index (χ0n) is 15.1. The van der Waals surface area contributed by atoms with E-state index in [1.54, 1.807) is 0 Å². The van der Waals surface area contributed by atoms with Crippen molar-refractivity contribution in [1.29, 1.82) is 0 Å². The van der Waals surface area contributed by atoms with Gasteiger partial charge in [-0.3, -0.25) is 9.20 Å². The van der Waals surface area contributed by atoms with Gasteiger partial charge >= 0.3 is 0 Å². The minimum atomic E-state index is -0.0558. The fourth-order valence-electron chi connectivity index (χ4n) is 3.52. The lowest BCUT2D eigenvalue weighted by atomic mass is 9.97. The first kappa shape index (κ1) is 16.6. The molecule has 6 heteroatoms. The van der Waals surface area contributed by atoms with Crippen molar-refractivity contribution in [3.63, 3.8) is 0 Å². The average Bonchev–Trinajstić information content (AvgIpc) is 3.09. The van der Waals surface area contributed by atoms with E-state index in [4.69, 9.17) is 0 Å². The quantitative estimate of drug-likeness (QED) is 0.789. The van der Waals surface area contributed by atoms with Crippen molar-refractivity contribution in [2.24, 2.45) is 5.92 Å². The van der Waals surface area contributed by atoms with Crippen LogP contribution < -0.4 is 10.2 Å². The molecule has 6 nitrogen and oxygen atoms in total. The maximum Gasteiger partial charge on any atom is 0.231 e. The lowest BCUT2D eigenvalue weighted by molar-refractivity contribution is -0.120. The van der Waals surface area contributed by atoms with Crippen LogP contribution in [0.1, 0.15) is 24.0 Å². The fraction of sp³-hybridized carbons (Fsp3) is 0.350. The van der Waals surface area contributed by atoms with E-state index in [2.05, 4.69) is 26.5 Å². The zero-order chi connectivity index (χ0) is 18.1.